The molecule has 0 aromatic heterocycles. The molecule has 1 unspecified atom stereocenters. The first kappa shape index (κ1) is 14.8. The number of carbonyl (C=O) groups is 1. The molecular formula is C12H18ClN3O2. The lowest BCUT2D eigenvalue weighted by Crippen LogP contribution is -2.39. The highest BCUT2D eigenvalue weighted by Crippen LogP contribution is 2.27. The molecule has 1 aromatic rings. The topological polar surface area (TPSA) is 67.6 Å². The second-order valence-electron chi connectivity index (χ2n) is 4.11. The molecule has 0 aliphatic carbocycles. The first-order chi connectivity index (χ1) is 8.45. The minimum atomic E-state index is -0.692. The van der Waals surface area contributed by atoms with Crippen molar-refractivity contribution in [3.63, 3.8) is 0 Å². The second-order valence-corrected chi connectivity index (χ2v) is 4.52. The fraction of sp³-hybridized carbons (Fsp3) is 0.417. The van der Waals surface area contributed by atoms with Gasteiger partial charge in [-0.05, 0) is 18.2 Å². The van der Waals surface area contributed by atoms with E-state index in [4.69, 9.17) is 22.1 Å². The molecule has 18 heavy (non-hydrogen) atoms. The summed E-state index contributed by atoms with van der Waals surface area (Å²) in [7, 11) is 5.29. The van der Waals surface area contributed by atoms with Gasteiger partial charge in [0, 0.05) is 26.9 Å². The zero-order valence-corrected chi connectivity index (χ0v) is 11.5. The Morgan fingerprint density at radius 1 is 1.56 bits per heavy atom. The number of rotatable bonds is 5. The average molecular weight is 272 g/mol. The van der Waals surface area contributed by atoms with Crippen LogP contribution in [0.3, 0.4) is 0 Å². The molecule has 0 spiro atoms. The third kappa shape index (κ3) is 3.87. The van der Waals surface area contributed by atoms with Crippen LogP contribution in [-0.4, -0.2) is 39.8 Å². The maximum absolute atomic E-state index is 11.7. The summed E-state index contributed by atoms with van der Waals surface area (Å²) >= 11 is 6.10. The van der Waals surface area contributed by atoms with Gasteiger partial charge in [0.1, 0.15) is 6.04 Å². The maximum Gasteiger partial charge on any atom is 0.243 e. The van der Waals surface area contributed by atoms with Gasteiger partial charge in [-0.25, -0.2) is 0 Å². The van der Waals surface area contributed by atoms with Gasteiger partial charge in [-0.3, -0.25) is 4.79 Å². The normalized spacial score (nSPS) is 12.1. The van der Waals surface area contributed by atoms with E-state index >= 15 is 0 Å². The van der Waals surface area contributed by atoms with Crippen molar-refractivity contribution in [1.82, 2.24) is 0 Å². The minimum Gasteiger partial charge on any atom is -0.383 e. The number of benzene rings is 1. The van der Waals surface area contributed by atoms with Crippen molar-refractivity contribution in [2.75, 3.05) is 38.0 Å². The van der Waals surface area contributed by atoms with Crippen molar-refractivity contribution in [3.8, 4) is 0 Å². The van der Waals surface area contributed by atoms with Gasteiger partial charge < -0.3 is 20.7 Å². The SMILES string of the molecule is COCC(N)C(=O)Nc1ccc(N(C)C)c(Cl)c1. The second kappa shape index (κ2) is 6.58. The number of carbonyl (C=O) groups excluding carboxylic acids is 1. The molecule has 0 saturated heterocycles. The molecule has 0 radical (unpaired) electrons. The zero-order valence-electron chi connectivity index (χ0n) is 10.7. The molecule has 0 bridgehead atoms. The van der Waals surface area contributed by atoms with Gasteiger partial charge in [0.15, 0.2) is 0 Å². The largest absolute Gasteiger partial charge is 0.383 e. The summed E-state index contributed by atoms with van der Waals surface area (Å²) in [5.41, 5.74) is 7.11. The van der Waals surface area contributed by atoms with E-state index in [0.717, 1.165) is 5.69 Å². The molecule has 100 valence electrons. The molecule has 1 atom stereocenters. The standard InChI is InChI=1S/C12H18ClN3O2/c1-16(2)11-5-4-8(6-9(11)13)15-12(17)10(14)7-18-3/h4-6,10H,7,14H2,1-3H3,(H,15,17). The van der Waals surface area contributed by atoms with Crippen molar-refractivity contribution in [1.29, 1.82) is 0 Å². The molecule has 0 aliphatic rings. The third-order valence-corrected chi connectivity index (χ3v) is 2.68. The number of anilines is 2. The van der Waals surface area contributed by atoms with E-state index in [0.29, 0.717) is 10.7 Å². The van der Waals surface area contributed by atoms with Crippen molar-refractivity contribution in [3.05, 3.63) is 23.2 Å². The van der Waals surface area contributed by atoms with Crippen molar-refractivity contribution in [2.45, 2.75) is 6.04 Å². The predicted octanol–water partition coefficient (Wildman–Crippen LogP) is 1.32. The minimum absolute atomic E-state index is 0.176. The monoisotopic (exact) mass is 271 g/mol. The average Bonchev–Trinajstić information content (AvgIpc) is 2.28. The van der Waals surface area contributed by atoms with Crippen LogP contribution in [0.4, 0.5) is 11.4 Å². The Bertz CT molecular complexity index is 424. The van der Waals surface area contributed by atoms with Crippen LogP contribution in [-0.2, 0) is 9.53 Å². The Balaban J connectivity index is 2.74. The fourth-order valence-electron chi connectivity index (χ4n) is 1.44. The molecular weight excluding hydrogens is 254 g/mol. The van der Waals surface area contributed by atoms with E-state index in [1.54, 1.807) is 12.1 Å². The molecule has 0 fully saturated rings. The molecule has 1 rings (SSSR count). The Hall–Kier alpha value is -1.30. The van der Waals surface area contributed by atoms with Gasteiger partial charge in [0.2, 0.25) is 5.91 Å². The highest BCUT2D eigenvalue weighted by Gasteiger charge is 2.13. The summed E-state index contributed by atoms with van der Waals surface area (Å²) in [6.45, 7) is 0.176. The fourth-order valence-corrected chi connectivity index (χ4v) is 1.79. The Kier molecular flexibility index (Phi) is 5.40. The lowest BCUT2D eigenvalue weighted by molar-refractivity contribution is -0.118. The smallest absolute Gasteiger partial charge is 0.243 e. The molecule has 0 aliphatic heterocycles. The van der Waals surface area contributed by atoms with Crippen LogP contribution >= 0.6 is 11.6 Å². The molecule has 0 heterocycles. The first-order valence-corrected chi connectivity index (χ1v) is 5.85. The number of nitrogens with one attached hydrogen (secondary N) is 1. The van der Waals surface area contributed by atoms with E-state index in [9.17, 15) is 4.79 Å². The predicted molar refractivity (Wildman–Crippen MR) is 74.3 cm³/mol. The summed E-state index contributed by atoms with van der Waals surface area (Å²) in [6, 6.07) is 4.61. The van der Waals surface area contributed by atoms with Gasteiger partial charge in [0.05, 0.1) is 17.3 Å². The van der Waals surface area contributed by atoms with Crippen molar-refractivity contribution < 1.29 is 9.53 Å². The number of hydrogen-bond acceptors (Lipinski definition) is 4. The summed E-state index contributed by atoms with van der Waals surface area (Å²) in [6.07, 6.45) is 0. The highest BCUT2D eigenvalue weighted by atomic mass is 35.5. The number of hydrogen-bond donors (Lipinski definition) is 2. The summed E-state index contributed by atoms with van der Waals surface area (Å²) in [5, 5.41) is 3.25. The van der Waals surface area contributed by atoms with Crippen molar-refractivity contribution in [2.24, 2.45) is 5.73 Å². The highest BCUT2D eigenvalue weighted by molar-refractivity contribution is 6.33. The molecule has 3 N–H and O–H groups in total. The van der Waals surface area contributed by atoms with Crippen LogP contribution in [0, 0.1) is 0 Å². The van der Waals surface area contributed by atoms with Crippen LogP contribution in [0.15, 0.2) is 18.2 Å². The van der Waals surface area contributed by atoms with Crippen LogP contribution < -0.4 is 16.0 Å². The van der Waals surface area contributed by atoms with Crippen LogP contribution in [0.2, 0.25) is 5.02 Å². The Morgan fingerprint density at radius 3 is 2.72 bits per heavy atom. The Morgan fingerprint density at radius 2 is 2.22 bits per heavy atom. The van der Waals surface area contributed by atoms with Crippen LogP contribution in [0.25, 0.3) is 0 Å². The Labute approximate surface area is 112 Å². The van der Waals surface area contributed by atoms with E-state index in [2.05, 4.69) is 5.32 Å². The van der Waals surface area contributed by atoms with Crippen LogP contribution in [0.5, 0.6) is 0 Å². The third-order valence-electron chi connectivity index (χ3n) is 2.38. The van der Waals surface area contributed by atoms with Crippen LogP contribution in [0.1, 0.15) is 0 Å². The van der Waals surface area contributed by atoms with E-state index < -0.39 is 6.04 Å². The molecule has 1 aromatic carbocycles. The zero-order chi connectivity index (χ0) is 13.7. The number of methoxy groups -OCH3 is 1. The van der Waals surface area contributed by atoms with Gasteiger partial charge in [-0.1, -0.05) is 11.6 Å². The van der Waals surface area contributed by atoms with E-state index in [-0.39, 0.29) is 12.5 Å². The lowest BCUT2D eigenvalue weighted by atomic mass is 10.2. The first-order valence-electron chi connectivity index (χ1n) is 5.48. The number of nitrogens with zero attached hydrogens (tertiary/aromatic N) is 1. The summed E-state index contributed by atoms with van der Waals surface area (Å²) in [5.74, 6) is -0.300. The van der Waals surface area contributed by atoms with Gasteiger partial charge in [-0.15, -0.1) is 0 Å². The van der Waals surface area contributed by atoms with Gasteiger partial charge in [0.25, 0.3) is 0 Å². The van der Waals surface area contributed by atoms with Gasteiger partial charge >= 0.3 is 0 Å². The maximum atomic E-state index is 11.7. The van der Waals surface area contributed by atoms with Gasteiger partial charge in [-0.2, -0.15) is 0 Å². The molecule has 6 heteroatoms. The number of ether oxygens (including phenoxy) is 1. The molecule has 1 amide bonds. The quantitative estimate of drug-likeness (QED) is 0.848. The molecule has 0 saturated carbocycles. The molecule has 5 nitrogen and oxygen atoms in total. The van der Waals surface area contributed by atoms with E-state index in [1.807, 2.05) is 25.1 Å². The van der Waals surface area contributed by atoms with E-state index in [1.165, 1.54) is 7.11 Å². The lowest BCUT2D eigenvalue weighted by Gasteiger charge is -2.16. The number of halogens is 1. The number of amides is 1. The number of nitrogens with two attached hydrogens (primary N) is 1. The van der Waals surface area contributed by atoms with Crippen molar-refractivity contribution >= 4 is 28.9 Å². The summed E-state index contributed by atoms with van der Waals surface area (Å²) in [4.78, 5) is 13.6. The summed E-state index contributed by atoms with van der Waals surface area (Å²) < 4.78 is 4.82.